The first kappa shape index (κ1) is 17.8. The van der Waals surface area contributed by atoms with Gasteiger partial charge in [0.2, 0.25) is 0 Å². The number of nitrogens with one attached hydrogen (secondary N) is 1. The Labute approximate surface area is 123 Å². The summed E-state index contributed by atoms with van der Waals surface area (Å²) in [6, 6.07) is 5.11. The van der Waals surface area contributed by atoms with E-state index in [1.807, 2.05) is 0 Å². The quantitative estimate of drug-likeness (QED) is 0.764. The van der Waals surface area contributed by atoms with Gasteiger partial charge in [-0.15, -0.1) is 0 Å². The average Bonchev–Trinajstić information content (AvgIpc) is 2.37. The molecule has 0 aromatic heterocycles. The Bertz CT molecular complexity index is 554. The highest BCUT2D eigenvalue weighted by atomic mass is 32.2. The first-order valence-electron chi connectivity index (χ1n) is 6.80. The van der Waals surface area contributed by atoms with Crippen molar-refractivity contribution in [3.05, 3.63) is 24.3 Å². The highest BCUT2D eigenvalue weighted by Gasteiger charge is 2.47. The number of halogens is 3. The number of hydrogen-bond donors (Lipinski definition) is 1. The maximum atomic E-state index is 12.6. The lowest BCUT2D eigenvalue weighted by molar-refractivity contribution is -0.0435. The highest BCUT2D eigenvalue weighted by molar-refractivity contribution is 7.92. The van der Waals surface area contributed by atoms with Crippen LogP contribution in [0.25, 0.3) is 0 Å². The van der Waals surface area contributed by atoms with E-state index in [4.69, 9.17) is 0 Å². The molecule has 0 saturated carbocycles. The Balaban J connectivity index is 2.77. The molecule has 1 rings (SSSR count). The topological polar surface area (TPSA) is 46.2 Å². The van der Waals surface area contributed by atoms with Crippen molar-refractivity contribution in [3.8, 4) is 0 Å². The van der Waals surface area contributed by atoms with Crippen LogP contribution >= 0.6 is 0 Å². The first-order chi connectivity index (χ1) is 9.66. The van der Waals surface area contributed by atoms with Gasteiger partial charge < -0.3 is 5.32 Å². The van der Waals surface area contributed by atoms with Gasteiger partial charge in [0, 0.05) is 6.54 Å². The molecule has 0 fully saturated rings. The standard InChI is InChI=1S/C14H20F3NO2S/c1-11(2)7-5-6-10-18-12-8-3-4-9-13(12)21(19,20)14(15,16)17/h3-4,8-9,11,18H,5-7,10H2,1-2H3. The summed E-state index contributed by atoms with van der Waals surface area (Å²) in [5.74, 6) is 0.572. The van der Waals surface area contributed by atoms with Crippen molar-refractivity contribution < 1.29 is 21.6 Å². The van der Waals surface area contributed by atoms with E-state index in [1.165, 1.54) is 18.2 Å². The van der Waals surface area contributed by atoms with Gasteiger partial charge in [0.25, 0.3) is 9.84 Å². The summed E-state index contributed by atoms with van der Waals surface area (Å²) in [5, 5.41) is 2.79. The predicted octanol–water partition coefficient (Wildman–Crippen LogP) is 4.22. The average molecular weight is 323 g/mol. The molecule has 0 aliphatic carbocycles. The third kappa shape index (κ3) is 4.91. The molecule has 0 atom stereocenters. The van der Waals surface area contributed by atoms with Crippen LogP contribution in [0.15, 0.2) is 29.2 Å². The van der Waals surface area contributed by atoms with Crippen LogP contribution in [0.3, 0.4) is 0 Å². The number of rotatable bonds is 7. The molecule has 0 heterocycles. The summed E-state index contributed by atoms with van der Waals surface area (Å²) >= 11 is 0. The fourth-order valence-corrected chi connectivity index (χ4v) is 2.81. The normalized spacial score (nSPS) is 12.7. The van der Waals surface area contributed by atoms with Gasteiger partial charge in [-0.25, -0.2) is 8.42 Å². The summed E-state index contributed by atoms with van der Waals surface area (Å²) in [4.78, 5) is -0.721. The van der Waals surface area contributed by atoms with Crippen molar-refractivity contribution in [3.63, 3.8) is 0 Å². The molecule has 0 bridgehead atoms. The van der Waals surface area contributed by atoms with Crippen molar-refractivity contribution in [2.45, 2.75) is 43.5 Å². The van der Waals surface area contributed by atoms with Gasteiger partial charge in [-0.1, -0.05) is 38.8 Å². The van der Waals surface area contributed by atoms with Crippen LogP contribution in [0, 0.1) is 5.92 Å². The molecule has 0 aliphatic heterocycles. The molecule has 21 heavy (non-hydrogen) atoms. The summed E-state index contributed by atoms with van der Waals surface area (Å²) in [5.41, 5.74) is -5.29. The van der Waals surface area contributed by atoms with Crippen LogP contribution < -0.4 is 5.32 Å². The van der Waals surface area contributed by atoms with Gasteiger partial charge in [-0.2, -0.15) is 13.2 Å². The van der Waals surface area contributed by atoms with Crippen LogP contribution in [-0.2, 0) is 9.84 Å². The van der Waals surface area contributed by atoms with Gasteiger partial charge in [0.15, 0.2) is 0 Å². The lowest BCUT2D eigenvalue weighted by atomic mass is 10.1. The minimum absolute atomic E-state index is 0.000582. The smallest absolute Gasteiger partial charge is 0.384 e. The number of anilines is 1. The number of para-hydroxylation sites is 1. The maximum absolute atomic E-state index is 12.6. The van der Waals surface area contributed by atoms with Crippen molar-refractivity contribution in [2.24, 2.45) is 5.92 Å². The van der Waals surface area contributed by atoms with Gasteiger partial charge >= 0.3 is 5.51 Å². The van der Waals surface area contributed by atoms with Crippen molar-refractivity contribution in [1.82, 2.24) is 0 Å². The van der Waals surface area contributed by atoms with E-state index in [0.717, 1.165) is 25.3 Å². The predicted molar refractivity (Wildman–Crippen MR) is 76.9 cm³/mol. The van der Waals surface area contributed by atoms with E-state index in [1.54, 1.807) is 0 Å². The zero-order chi connectivity index (χ0) is 16.1. The number of alkyl halides is 3. The fraction of sp³-hybridized carbons (Fsp3) is 0.571. The third-order valence-corrected chi connectivity index (χ3v) is 4.55. The summed E-state index contributed by atoms with van der Waals surface area (Å²) in [7, 11) is -5.33. The molecule has 1 aromatic rings. The lowest BCUT2D eigenvalue weighted by Crippen LogP contribution is -2.24. The van der Waals surface area contributed by atoms with E-state index in [2.05, 4.69) is 19.2 Å². The second-order valence-electron chi connectivity index (χ2n) is 5.26. The van der Waals surface area contributed by atoms with E-state index in [0.29, 0.717) is 12.5 Å². The van der Waals surface area contributed by atoms with Crippen LogP contribution in [-0.4, -0.2) is 20.5 Å². The molecule has 0 radical (unpaired) electrons. The van der Waals surface area contributed by atoms with Crippen LogP contribution in [0.2, 0.25) is 0 Å². The summed E-state index contributed by atoms with van der Waals surface area (Å²) in [6.45, 7) is 4.63. The molecule has 0 saturated heterocycles. The minimum Gasteiger partial charge on any atom is -0.384 e. The Hall–Kier alpha value is -1.24. The number of sulfone groups is 1. The number of hydrogen-bond acceptors (Lipinski definition) is 3. The first-order valence-corrected chi connectivity index (χ1v) is 8.29. The summed E-state index contributed by atoms with van der Waals surface area (Å²) < 4.78 is 60.8. The maximum Gasteiger partial charge on any atom is 0.501 e. The van der Waals surface area contributed by atoms with Gasteiger partial charge in [-0.3, -0.25) is 0 Å². The molecule has 0 aliphatic rings. The SMILES string of the molecule is CC(C)CCCCNc1ccccc1S(=O)(=O)C(F)(F)F. The third-order valence-electron chi connectivity index (χ3n) is 3.00. The monoisotopic (exact) mass is 323 g/mol. The Kier molecular flexibility index (Phi) is 6.07. The van der Waals surface area contributed by atoms with Crippen LogP contribution in [0.1, 0.15) is 33.1 Å². The molecular weight excluding hydrogens is 303 g/mol. The van der Waals surface area contributed by atoms with E-state index < -0.39 is 20.2 Å². The highest BCUT2D eigenvalue weighted by Crippen LogP contribution is 2.34. The zero-order valence-corrected chi connectivity index (χ0v) is 12.9. The molecule has 0 unspecified atom stereocenters. The molecule has 0 amide bonds. The second-order valence-corrected chi connectivity index (χ2v) is 7.17. The van der Waals surface area contributed by atoms with Gasteiger partial charge in [0.1, 0.15) is 0 Å². The summed E-state index contributed by atoms with van der Waals surface area (Å²) in [6.07, 6.45) is 2.75. The molecule has 1 aromatic carbocycles. The molecule has 7 heteroatoms. The molecule has 1 N–H and O–H groups in total. The Morgan fingerprint density at radius 1 is 1.14 bits per heavy atom. The largest absolute Gasteiger partial charge is 0.501 e. The minimum atomic E-state index is -5.33. The Morgan fingerprint density at radius 2 is 1.76 bits per heavy atom. The van der Waals surface area contributed by atoms with Gasteiger partial charge in [0.05, 0.1) is 10.6 Å². The second kappa shape index (κ2) is 7.15. The molecular formula is C14H20F3NO2S. The molecule has 0 spiro atoms. The zero-order valence-electron chi connectivity index (χ0n) is 12.1. The van der Waals surface area contributed by atoms with E-state index in [9.17, 15) is 21.6 Å². The number of unbranched alkanes of at least 4 members (excludes halogenated alkanes) is 1. The molecule has 120 valence electrons. The Morgan fingerprint density at radius 3 is 2.33 bits per heavy atom. The number of benzene rings is 1. The van der Waals surface area contributed by atoms with E-state index in [-0.39, 0.29) is 5.69 Å². The fourth-order valence-electron chi connectivity index (χ4n) is 1.87. The van der Waals surface area contributed by atoms with E-state index >= 15 is 0 Å². The lowest BCUT2D eigenvalue weighted by Gasteiger charge is -2.14. The van der Waals surface area contributed by atoms with Gasteiger partial charge in [-0.05, 0) is 24.5 Å². The van der Waals surface area contributed by atoms with Crippen LogP contribution in [0.4, 0.5) is 18.9 Å². The van der Waals surface area contributed by atoms with Crippen molar-refractivity contribution in [2.75, 3.05) is 11.9 Å². The van der Waals surface area contributed by atoms with Crippen molar-refractivity contribution in [1.29, 1.82) is 0 Å². The molecule has 3 nitrogen and oxygen atoms in total. The van der Waals surface area contributed by atoms with Crippen molar-refractivity contribution >= 4 is 15.5 Å². The van der Waals surface area contributed by atoms with Crippen LogP contribution in [0.5, 0.6) is 0 Å².